The molecule has 1 aromatic rings. The summed E-state index contributed by atoms with van der Waals surface area (Å²) >= 11 is 1.53. The van der Waals surface area contributed by atoms with E-state index in [9.17, 15) is 9.90 Å². The molecule has 0 aliphatic carbocycles. The summed E-state index contributed by atoms with van der Waals surface area (Å²) < 4.78 is 0. The van der Waals surface area contributed by atoms with Gasteiger partial charge in [0.2, 0.25) is 0 Å². The van der Waals surface area contributed by atoms with Crippen molar-refractivity contribution in [2.24, 2.45) is 0 Å². The highest BCUT2D eigenvalue weighted by molar-refractivity contribution is 7.08. The molecule has 2 N–H and O–H groups in total. The van der Waals surface area contributed by atoms with Crippen molar-refractivity contribution in [3.63, 3.8) is 0 Å². The van der Waals surface area contributed by atoms with E-state index in [0.717, 1.165) is 38.2 Å². The number of rotatable bonds is 9. The maximum atomic E-state index is 11.2. The van der Waals surface area contributed by atoms with Gasteiger partial charge in [0.1, 0.15) is 6.04 Å². The fourth-order valence-corrected chi connectivity index (χ4v) is 2.56. The number of carbonyl (C=O) groups is 1. The molecule has 5 heteroatoms. The summed E-state index contributed by atoms with van der Waals surface area (Å²) in [7, 11) is 0. The van der Waals surface area contributed by atoms with Crippen LogP contribution >= 0.6 is 11.3 Å². The second-order valence-corrected chi connectivity index (χ2v) is 4.94. The van der Waals surface area contributed by atoms with E-state index in [0.29, 0.717) is 0 Å². The first-order valence-electron chi connectivity index (χ1n) is 6.39. The van der Waals surface area contributed by atoms with Gasteiger partial charge >= 0.3 is 5.97 Å². The van der Waals surface area contributed by atoms with Crippen LogP contribution in [0.3, 0.4) is 0 Å². The minimum atomic E-state index is -0.809. The Morgan fingerprint density at radius 3 is 2.72 bits per heavy atom. The highest BCUT2D eigenvalue weighted by Gasteiger charge is 2.18. The molecular formula is C13H22N2O2S. The number of thiophene rings is 1. The van der Waals surface area contributed by atoms with Crippen LogP contribution in [-0.4, -0.2) is 42.2 Å². The van der Waals surface area contributed by atoms with Gasteiger partial charge in [0.15, 0.2) is 0 Å². The third kappa shape index (κ3) is 4.76. The molecule has 1 atom stereocenters. The van der Waals surface area contributed by atoms with Gasteiger partial charge < -0.3 is 15.3 Å². The lowest BCUT2D eigenvalue weighted by Gasteiger charge is -2.19. The molecule has 18 heavy (non-hydrogen) atoms. The SMILES string of the molecule is CCN(CC)CCCNC(C(=O)O)c1ccsc1. The van der Waals surface area contributed by atoms with E-state index < -0.39 is 12.0 Å². The Bertz CT molecular complexity index is 337. The zero-order valence-electron chi connectivity index (χ0n) is 11.1. The predicted octanol–water partition coefficient (Wildman–Crippen LogP) is 2.20. The summed E-state index contributed by atoms with van der Waals surface area (Å²) in [4.78, 5) is 13.5. The zero-order valence-corrected chi connectivity index (χ0v) is 11.9. The molecule has 0 bridgehead atoms. The Hall–Kier alpha value is -0.910. The molecule has 0 saturated carbocycles. The number of carboxylic acid groups (broad SMARTS) is 1. The van der Waals surface area contributed by atoms with Crippen molar-refractivity contribution in [3.8, 4) is 0 Å². The number of carboxylic acids is 1. The number of hydrogen-bond donors (Lipinski definition) is 2. The third-order valence-corrected chi connectivity index (χ3v) is 3.72. The van der Waals surface area contributed by atoms with Crippen LogP contribution < -0.4 is 5.32 Å². The summed E-state index contributed by atoms with van der Waals surface area (Å²) in [6.45, 7) is 8.11. The Balaban J connectivity index is 2.33. The quantitative estimate of drug-likeness (QED) is 0.675. The summed E-state index contributed by atoms with van der Waals surface area (Å²) in [5.41, 5.74) is 0.843. The van der Waals surface area contributed by atoms with Crippen molar-refractivity contribution in [2.75, 3.05) is 26.2 Å². The van der Waals surface area contributed by atoms with Crippen molar-refractivity contribution >= 4 is 17.3 Å². The van der Waals surface area contributed by atoms with E-state index in [1.54, 1.807) is 0 Å². The standard InChI is InChI=1S/C13H22N2O2S/c1-3-15(4-2)8-5-7-14-12(13(16)17)11-6-9-18-10-11/h6,9-10,12,14H,3-5,7-8H2,1-2H3,(H,16,17). The molecule has 1 aromatic heterocycles. The molecule has 0 fully saturated rings. The monoisotopic (exact) mass is 270 g/mol. The minimum absolute atomic E-state index is 0.576. The molecule has 0 spiro atoms. The summed E-state index contributed by atoms with van der Waals surface area (Å²) in [5, 5.41) is 16.1. The van der Waals surface area contributed by atoms with Crippen LogP contribution in [0.5, 0.6) is 0 Å². The van der Waals surface area contributed by atoms with Crippen molar-refractivity contribution in [3.05, 3.63) is 22.4 Å². The molecule has 1 heterocycles. The predicted molar refractivity (Wildman–Crippen MR) is 75.1 cm³/mol. The van der Waals surface area contributed by atoms with E-state index in [2.05, 4.69) is 24.1 Å². The third-order valence-electron chi connectivity index (χ3n) is 3.02. The molecule has 0 aliphatic heterocycles. The van der Waals surface area contributed by atoms with Crippen LogP contribution in [0.4, 0.5) is 0 Å². The topological polar surface area (TPSA) is 52.6 Å². The molecule has 0 radical (unpaired) electrons. The average Bonchev–Trinajstić information content (AvgIpc) is 2.87. The van der Waals surface area contributed by atoms with Gasteiger partial charge in [-0.05, 0) is 55.0 Å². The Kier molecular flexibility index (Phi) is 6.93. The molecule has 4 nitrogen and oxygen atoms in total. The van der Waals surface area contributed by atoms with Crippen LogP contribution in [-0.2, 0) is 4.79 Å². The highest BCUT2D eigenvalue weighted by atomic mass is 32.1. The van der Waals surface area contributed by atoms with Gasteiger partial charge in [0.25, 0.3) is 0 Å². The maximum Gasteiger partial charge on any atom is 0.325 e. The average molecular weight is 270 g/mol. The lowest BCUT2D eigenvalue weighted by Crippen LogP contribution is -2.32. The van der Waals surface area contributed by atoms with Gasteiger partial charge in [0.05, 0.1) is 0 Å². The summed E-state index contributed by atoms with van der Waals surface area (Å²) in [6.07, 6.45) is 0.968. The number of aliphatic carboxylic acids is 1. The van der Waals surface area contributed by atoms with Crippen LogP contribution in [0.1, 0.15) is 31.9 Å². The van der Waals surface area contributed by atoms with Crippen LogP contribution in [0.2, 0.25) is 0 Å². The number of hydrogen-bond acceptors (Lipinski definition) is 4. The van der Waals surface area contributed by atoms with E-state index in [4.69, 9.17) is 0 Å². The van der Waals surface area contributed by atoms with E-state index in [1.807, 2.05) is 16.8 Å². The van der Waals surface area contributed by atoms with Gasteiger partial charge in [0, 0.05) is 0 Å². The zero-order chi connectivity index (χ0) is 13.4. The molecule has 0 aliphatic rings. The minimum Gasteiger partial charge on any atom is -0.480 e. The number of nitrogens with one attached hydrogen (secondary N) is 1. The largest absolute Gasteiger partial charge is 0.480 e. The smallest absolute Gasteiger partial charge is 0.325 e. The van der Waals surface area contributed by atoms with Crippen molar-refractivity contribution < 1.29 is 9.90 Å². The first-order valence-corrected chi connectivity index (χ1v) is 7.34. The summed E-state index contributed by atoms with van der Waals surface area (Å²) in [6, 6.07) is 1.29. The number of nitrogens with zero attached hydrogens (tertiary/aromatic N) is 1. The van der Waals surface area contributed by atoms with E-state index in [-0.39, 0.29) is 0 Å². The molecule has 0 amide bonds. The van der Waals surface area contributed by atoms with Crippen molar-refractivity contribution in [2.45, 2.75) is 26.3 Å². The molecule has 0 aromatic carbocycles. The molecule has 102 valence electrons. The Morgan fingerprint density at radius 2 is 2.22 bits per heavy atom. The van der Waals surface area contributed by atoms with Crippen molar-refractivity contribution in [1.82, 2.24) is 10.2 Å². The van der Waals surface area contributed by atoms with Gasteiger partial charge in [-0.25, -0.2) is 0 Å². The van der Waals surface area contributed by atoms with Gasteiger partial charge in [-0.15, -0.1) is 0 Å². The second-order valence-electron chi connectivity index (χ2n) is 4.16. The van der Waals surface area contributed by atoms with Crippen LogP contribution in [0, 0.1) is 0 Å². The van der Waals surface area contributed by atoms with E-state index >= 15 is 0 Å². The Morgan fingerprint density at radius 1 is 1.50 bits per heavy atom. The maximum absolute atomic E-state index is 11.2. The molecule has 0 saturated heterocycles. The van der Waals surface area contributed by atoms with Gasteiger partial charge in [-0.1, -0.05) is 13.8 Å². The first-order chi connectivity index (χ1) is 8.69. The van der Waals surface area contributed by atoms with Crippen LogP contribution in [0.25, 0.3) is 0 Å². The van der Waals surface area contributed by atoms with E-state index in [1.165, 1.54) is 11.3 Å². The Labute approximate surface area is 113 Å². The van der Waals surface area contributed by atoms with Crippen LogP contribution in [0.15, 0.2) is 16.8 Å². The fraction of sp³-hybridized carbons (Fsp3) is 0.615. The van der Waals surface area contributed by atoms with Crippen molar-refractivity contribution in [1.29, 1.82) is 0 Å². The highest BCUT2D eigenvalue weighted by Crippen LogP contribution is 2.16. The van der Waals surface area contributed by atoms with Gasteiger partial charge in [-0.2, -0.15) is 11.3 Å². The lowest BCUT2D eigenvalue weighted by molar-refractivity contribution is -0.139. The second kappa shape index (κ2) is 8.24. The molecular weight excluding hydrogens is 248 g/mol. The molecule has 1 unspecified atom stereocenters. The normalized spacial score (nSPS) is 12.8. The molecule has 1 rings (SSSR count). The summed E-state index contributed by atoms with van der Waals surface area (Å²) in [5.74, 6) is -0.809. The van der Waals surface area contributed by atoms with Gasteiger partial charge in [-0.3, -0.25) is 4.79 Å². The fourth-order valence-electron chi connectivity index (χ4n) is 1.88. The lowest BCUT2D eigenvalue weighted by atomic mass is 10.1. The first kappa shape index (κ1) is 15.1.